The highest BCUT2D eigenvalue weighted by molar-refractivity contribution is 9.11. The van der Waals surface area contributed by atoms with Gasteiger partial charge in [0.05, 0.1) is 4.90 Å². The molecule has 20 heavy (non-hydrogen) atoms. The molecule has 0 bridgehead atoms. The van der Waals surface area contributed by atoms with Crippen molar-refractivity contribution in [2.45, 2.75) is 37.1 Å². The fourth-order valence-electron chi connectivity index (χ4n) is 2.14. The van der Waals surface area contributed by atoms with Crippen LogP contribution in [0.2, 0.25) is 0 Å². The molecule has 1 N–H and O–H groups in total. The third kappa shape index (κ3) is 3.62. The van der Waals surface area contributed by atoms with Crippen molar-refractivity contribution in [2.24, 2.45) is 0 Å². The van der Waals surface area contributed by atoms with E-state index in [2.05, 4.69) is 36.6 Å². The van der Waals surface area contributed by atoms with Crippen molar-refractivity contribution in [3.8, 4) is 0 Å². The predicted molar refractivity (Wildman–Crippen MR) is 85.4 cm³/mol. The number of nitrogens with one attached hydrogen (secondary N) is 1. The first-order chi connectivity index (χ1) is 9.23. The lowest BCUT2D eigenvalue weighted by Crippen LogP contribution is -2.49. The zero-order valence-electron chi connectivity index (χ0n) is 11.4. The maximum atomic E-state index is 12.6. The van der Waals surface area contributed by atoms with Crippen LogP contribution in [0.25, 0.3) is 0 Å². The van der Waals surface area contributed by atoms with Crippen LogP contribution in [0, 0.1) is 6.92 Å². The molecule has 0 aromatic heterocycles. The molecule has 1 aliphatic heterocycles. The van der Waals surface area contributed by atoms with Crippen molar-refractivity contribution < 1.29 is 13.2 Å². The van der Waals surface area contributed by atoms with Crippen molar-refractivity contribution in [1.29, 1.82) is 0 Å². The first kappa shape index (κ1) is 16.4. The topological polar surface area (TPSA) is 55.4 Å². The van der Waals surface area contributed by atoms with Gasteiger partial charge in [0.25, 0.3) is 0 Å². The van der Waals surface area contributed by atoms with Crippen molar-refractivity contribution in [3.63, 3.8) is 0 Å². The molecular formula is C13H17Br2NO3S. The second-order valence-corrected chi connectivity index (χ2v) is 8.67. The number of hydrogen-bond donors (Lipinski definition) is 1. The van der Waals surface area contributed by atoms with Crippen molar-refractivity contribution in [2.75, 3.05) is 13.2 Å². The summed E-state index contributed by atoms with van der Waals surface area (Å²) in [6.45, 7) is 5.00. The Morgan fingerprint density at radius 3 is 2.40 bits per heavy atom. The van der Waals surface area contributed by atoms with Crippen LogP contribution in [0.3, 0.4) is 0 Å². The molecule has 0 saturated carbocycles. The van der Waals surface area contributed by atoms with E-state index in [-0.39, 0.29) is 4.90 Å². The first-order valence-electron chi connectivity index (χ1n) is 6.31. The molecule has 2 rings (SSSR count). The third-order valence-corrected chi connectivity index (χ3v) is 6.93. The van der Waals surface area contributed by atoms with Gasteiger partial charge in [-0.3, -0.25) is 0 Å². The molecule has 1 fully saturated rings. The number of hydrogen-bond acceptors (Lipinski definition) is 3. The van der Waals surface area contributed by atoms with E-state index in [1.165, 1.54) is 0 Å². The Balaban J connectivity index is 2.33. The molecule has 1 aliphatic rings. The summed E-state index contributed by atoms with van der Waals surface area (Å²) >= 11 is 6.71. The van der Waals surface area contributed by atoms with E-state index in [1.807, 2.05) is 13.8 Å². The Morgan fingerprint density at radius 1 is 1.20 bits per heavy atom. The lowest BCUT2D eigenvalue weighted by molar-refractivity contribution is 0.0537. The standard InChI is InChI=1S/C13H17Br2NO3S/c1-9-7-11(15)12(8-10(9)14)20(17,18)16-13(2)3-5-19-6-4-13/h7-8,16H,3-6H2,1-2H3. The minimum atomic E-state index is -3.57. The Morgan fingerprint density at radius 2 is 1.80 bits per heavy atom. The maximum absolute atomic E-state index is 12.6. The largest absolute Gasteiger partial charge is 0.381 e. The molecule has 112 valence electrons. The van der Waals surface area contributed by atoms with Crippen molar-refractivity contribution in [1.82, 2.24) is 4.72 Å². The number of sulfonamides is 1. The van der Waals surface area contributed by atoms with Gasteiger partial charge < -0.3 is 4.74 Å². The van der Waals surface area contributed by atoms with Gasteiger partial charge in [0, 0.05) is 27.7 Å². The molecule has 1 aromatic carbocycles. The van der Waals surface area contributed by atoms with Crippen molar-refractivity contribution in [3.05, 3.63) is 26.6 Å². The molecule has 0 radical (unpaired) electrons. The summed E-state index contributed by atoms with van der Waals surface area (Å²) in [5.74, 6) is 0. The fraction of sp³-hybridized carbons (Fsp3) is 0.538. The van der Waals surface area contributed by atoms with E-state index < -0.39 is 15.6 Å². The molecule has 0 amide bonds. The number of halogens is 2. The summed E-state index contributed by atoms with van der Waals surface area (Å²) in [5, 5.41) is 0. The summed E-state index contributed by atoms with van der Waals surface area (Å²) in [7, 11) is -3.57. The number of benzene rings is 1. The van der Waals surface area contributed by atoms with Gasteiger partial charge >= 0.3 is 0 Å². The van der Waals surface area contributed by atoms with Gasteiger partial charge in [0.2, 0.25) is 10.0 Å². The van der Waals surface area contributed by atoms with Gasteiger partial charge in [-0.1, -0.05) is 15.9 Å². The highest BCUT2D eigenvalue weighted by Gasteiger charge is 2.33. The Hall–Kier alpha value is 0.0500. The molecular weight excluding hydrogens is 410 g/mol. The van der Waals surface area contributed by atoms with Crippen LogP contribution < -0.4 is 4.72 Å². The SMILES string of the molecule is Cc1cc(Br)c(S(=O)(=O)NC2(C)CCOCC2)cc1Br. The van der Waals surface area contributed by atoms with Gasteiger partial charge in [-0.25, -0.2) is 13.1 Å². The van der Waals surface area contributed by atoms with Crippen LogP contribution in [0.15, 0.2) is 26.0 Å². The highest BCUT2D eigenvalue weighted by atomic mass is 79.9. The summed E-state index contributed by atoms with van der Waals surface area (Å²) < 4.78 is 34.6. The van der Waals surface area contributed by atoms with E-state index in [4.69, 9.17) is 4.74 Å². The van der Waals surface area contributed by atoms with Gasteiger partial charge in [0.1, 0.15) is 0 Å². The second-order valence-electron chi connectivity index (χ2n) is 5.31. The molecule has 0 atom stereocenters. The van der Waals surface area contributed by atoms with Crippen LogP contribution in [-0.4, -0.2) is 27.2 Å². The highest BCUT2D eigenvalue weighted by Crippen LogP contribution is 2.30. The average Bonchev–Trinajstić information content (AvgIpc) is 2.33. The number of rotatable bonds is 3. The summed E-state index contributed by atoms with van der Waals surface area (Å²) in [4.78, 5) is 0.252. The van der Waals surface area contributed by atoms with Gasteiger partial charge in [-0.15, -0.1) is 0 Å². The molecule has 0 unspecified atom stereocenters. The predicted octanol–water partition coefficient (Wildman–Crippen LogP) is 3.37. The Kier molecular flexibility index (Phi) is 4.96. The Bertz CT molecular complexity index is 610. The maximum Gasteiger partial charge on any atom is 0.242 e. The van der Waals surface area contributed by atoms with Crippen LogP contribution in [0.5, 0.6) is 0 Å². The van der Waals surface area contributed by atoms with Crippen molar-refractivity contribution >= 4 is 41.9 Å². The fourth-order valence-corrected chi connectivity index (χ4v) is 5.28. The molecule has 0 spiro atoms. The summed E-state index contributed by atoms with van der Waals surface area (Å²) in [6, 6.07) is 3.43. The summed E-state index contributed by atoms with van der Waals surface area (Å²) in [6.07, 6.45) is 1.35. The van der Waals surface area contributed by atoms with Crippen LogP contribution in [0.4, 0.5) is 0 Å². The molecule has 0 aliphatic carbocycles. The smallest absolute Gasteiger partial charge is 0.242 e. The lowest BCUT2D eigenvalue weighted by Gasteiger charge is -2.34. The van der Waals surface area contributed by atoms with E-state index in [0.29, 0.717) is 30.5 Å². The zero-order valence-corrected chi connectivity index (χ0v) is 15.4. The summed E-state index contributed by atoms with van der Waals surface area (Å²) in [5.41, 5.74) is 0.529. The van der Waals surface area contributed by atoms with E-state index in [1.54, 1.807) is 12.1 Å². The van der Waals surface area contributed by atoms with Crippen LogP contribution in [-0.2, 0) is 14.8 Å². The zero-order chi connectivity index (χ0) is 15.0. The lowest BCUT2D eigenvalue weighted by atomic mass is 9.94. The monoisotopic (exact) mass is 425 g/mol. The molecule has 7 heteroatoms. The Labute approximate surface area is 136 Å². The molecule has 4 nitrogen and oxygen atoms in total. The first-order valence-corrected chi connectivity index (χ1v) is 9.38. The van der Waals surface area contributed by atoms with Gasteiger partial charge in [0.15, 0.2) is 0 Å². The van der Waals surface area contributed by atoms with E-state index in [9.17, 15) is 8.42 Å². The minimum absolute atomic E-state index is 0.252. The van der Waals surface area contributed by atoms with Crippen LogP contribution >= 0.6 is 31.9 Å². The molecule has 1 heterocycles. The average molecular weight is 427 g/mol. The number of ether oxygens (including phenoxy) is 1. The molecule has 1 saturated heterocycles. The van der Waals surface area contributed by atoms with E-state index in [0.717, 1.165) is 10.0 Å². The minimum Gasteiger partial charge on any atom is -0.381 e. The van der Waals surface area contributed by atoms with Gasteiger partial charge in [-0.2, -0.15) is 0 Å². The van der Waals surface area contributed by atoms with Gasteiger partial charge in [-0.05, 0) is 60.3 Å². The quantitative estimate of drug-likeness (QED) is 0.805. The molecule has 1 aromatic rings. The van der Waals surface area contributed by atoms with E-state index >= 15 is 0 Å². The number of aryl methyl sites for hydroxylation is 1. The third-order valence-electron chi connectivity index (χ3n) is 3.48. The van der Waals surface area contributed by atoms with Crippen LogP contribution in [0.1, 0.15) is 25.3 Å². The normalized spacial score (nSPS) is 19.0. The second kappa shape index (κ2) is 6.04.